The fraction of sp³-hybridized carbons (Fsp3) is 0.176. The number of esters is 1. The van der Waals surface area contributed by atoms with Crippen LogP contribution in [0.25, 0.3) is 0 Å². The zero-order chi connectivity index (χ0) is 17.4. The second-order valence-corrected chi connectivity index (χ2v) is 6.76. The van der Waals surface area contributed by atoms with Crippen molar-refractivity contribution in [3.05, 3.63) is 58.6 Å². The van der Waals surface area contributed by atoms with Crippen LogP contribution in [0.5, 0.6) is 0 Å². The first-order chi connectivity index (χ1) is 11.5. The number of hydrogen-bond donors (Lipinski definition) is 1. The van der Waals surface area contributed by atoms with E-state index in [0.717, 1.165) is 4.90 Å². The van der Waals surface area contributed by atoms with Crippen molar-refractivity contribution in [1.29, 1.82) is 0 Å². The van der Waals surface area contributed by atoms with E-state index in [1.54, 1.807) is 23.9 Å². The van der Waals surface area contributed by atoms with Crippen molar-refractivity contribution in [3.8, 4) is 0 Å². The van der Waals surface area contributed by atoms with Crippen LogP contribution in [0.4, 0.5) is 5.69 Å². The number of halogens is 2. The lowest BCUT2D eigenvalue weighted by atomic mass is 10.3. The van der Waals surface area contributed by atoms with E-state index in [-0.39, 0.29) is 13.0 Å². The zero-order valence-corrected chi connectivity index (χ0v) is 15.0. The number of rotatable bonds is 7. The van der Waals surface area contributed by atoms with E-state index in [9.17, 15) is 9.59 Å². The van der Waals surface area contributed by atoms with Gasteiger partial charge in [0, 0.05) is 15.7 Å². The van der Waals surface area contributed by atoms with Crippen LogP contribution in [0.1, 0.15) is 6.42 Å². The first kappa shape index (κ1) is 18.6. The van der Waals surface area contributed by atoms with E-state index in [1.807, 2.05) is 30.3 Å². The number of benzene rings is 2. The van der Waals surface area contributed by atoms with Crippen molar-refractivity contribution in [2.24, 2.45) is 0 Å². The predicted octanol–water partition coefficient (Wildman–Crippen LogP) is 4.66. The molecule has 0 radical (unpaired) electrons. The van der Waals surface area contributed by atoms with Gasteiger partial charge in [0.05, 0.1) is 17.1 Å². The second-order valence-electron chi connectivity index (χ2n) is 4.74. The van der Waals surface area contributed by atoms with E-state index in [2.05, 4.69) is 5.32 Å². The minimum absolute atomic E-state index is 0.231. The summed E-state index contributed by atoms with van der Waals surface area (Å²) in [6.45, 7) is -0.353. The van der Waals surface area contributed by atoms with Gasteiger partial charge in [-0.1, -0.05) is 41.4 Å². The van der Waals surface area contributed by atoms with Gasteiger partial charge in [-0.25, -0.2) is 0 Å². The largest absolute Gasteiger partial charge is 0.456 e. The number of thioether (sulfide) groups is 1. The molecule has 2 aromatic rings. The highest BCUT2D eigenvalue weighted by molar-refractivity contribution is 7.99. The van der Waals surface area contributed by atoms with Gasteiger partial charge in [0.25, 0.3) is 5.91 Å². The predicted molar refractivity (Wildman–Crippen MR) is 97.8 cm³/mol. The molecule has 0 atom stereocenters. The van der Waals surface area contributed by atoms with E-state index in [0.29, 0.717) is 21.5 Å². The molecule has 0 aliphatic rings. The summed E-state index contributed by atoms with van der Waals surface area (Å²) in [7, 11) is 0. The maximum Gasteiger partial charge on any atom is 0.307 e. The van der Waals surface area contributed by atoms with Crippen molar-refractivity contribution in [3.63, 3.8) is 0 Å². The molecule has 24 heavy (non-hydrogen) atoms. The fourth-order valence-electron chi connectivity index (χ4n) is 1.76. The van der Waals surface area contributed by atoms with Crippen LogP contribution in [0.15, 0.2) is 53.4 Å². The Morgan fingerprint density at radius 3 is 2.54 bits per heavy atom. The highest BCUT2D eigenvalue weighted by Gasteiger charge is 2.10. The maximum absolute atomic E-state index is 11.8. The topological polar surface area (TPSA) is 55.4 Å². The van der Waals surface area contributed by atoms with Gasteiger partial charge in [-0.05, 0) is 30.3 Å². The molecule has 0 spiro atoms. The molecular formula is C17H15Cl2NO3S. The first-order valence-electron chi connectivity index (χ1n) is 7.13. The Morgan fingerprint density at radius 1 is 1.08 bits per heavy atom. The third-order valence-corrected chi connectivity index (χ3v) is 4.45. The van der Waals surface area contributed by atoms with Crippen LogP contribution in [0.2, 0.25) is 10.0 Å². The Bertz CT molecular complexity index is 710. The smallest absolute Gasteiger partial charge is 0.307 e. The highest BCUT2D eigenvalue weighted by atomic mass is 35.5. The maximum atomic E-state index is 11.8. The van der Waals surface area contributed by atoms with Crippen molar-refractivity contribution < 1.29 is 14.3 Å². The fourth-order valence-corrected chi connectivity index (χ4v) is 3.07. The van der Waals surface area contributed by atoms with Crippen LogP contribution < -0.4 is 5.32 Å². The Kier molecular flexibility index (Phi) is 7.43. The van der Waals surface area contributed by atoms with E-state index in [1.165, 1.54) is 6.07 Å². The number of hydrogen-bond acceptors (Lipinski definition) is 4. The molecule has 1 amide bonds. The lowest BCUT2D eigenvalue weighted by Gasteiger charge is -2.08. The normalized spacial score (nSPS) is 10.2. The van der Waals surface area contributed by atoms with Crippen molar-refractivity contribution >= 4 is 52.5 Å². The summed E-state index contributed by atoms with van der Waals surface area (Å²) < 4.78 is 4.94. The highest BCUT2D eigenvalue weighted by Crippen LogP contribution is 2.25. The number of nitrogens with one attached hydrogen (secondary N) is 1. The molecule has 0 aromatic heterocycles. The summed E-state index contributed by atoms with van der Waals surface area (Å²) in [4.78, 5) is 24.5. The van der Waals surface area contributed by atoms with Gasteiger partial charge in [-0.3, -0.25) is 9.59 Å². The molecule has 7 heteroatoms. The van der Waals surface area contributed by atoms with Gasteiger partial charge < -0.3 is 10.1 Å². The number of ether oxygens (including phenoxy) is 1. The van der Waals surface area contributed by atoms with Crippen LogP contribution >= 0.6 is 35.0 Å². The number of amides is 1. The zero-order valence-electron chi connectivity index (χ0n) is 12.6. The quantitative estimate of drug-likeness (QED) is 0.557. The van der Waals surface area contributed by atoms with Crippen LogP contribution in [-0.2, 0) is 14.3 Å². The molecule has 0 fully saturated rings. The summed E-state index contributed by atoms with van der Waals surface area (Å²) in [5.41, 5.74) is 0.418. The van der Waals surface area contributed by atoms with Crippen LogP contribution in [-0.4, -0.2) is 24.2 Å². The molecule has 0 bridgehead atoms. The summed E-state index contributed by atoms with van der Waals surface area (Å²) >= 11 is 13.3. The molecule has 0 unspecified atom stereocenters. The summed E-state index contributed by atoms with van der Waals surface area (Å²) in [5.74, 6) is -0.285. The number of carbonyl (C=O) groups excluding carboxylic acids is 2. The monoisotopic (exact) mass is 383 g/mol. The Balaban J connectivity index is 1.68. The minimum atomic E-state index is -0.455. The molecule has 1 N–H and O–H groups in total. The van der Waals surface area contributed by atoms with Gasteiger partial charge in [0.15, 0.2) is 6.61 Å². The number of carbonyl (C=O) groups is 2. The molecular weight excluding hydrogens is 369 g/mol. The third-order valence-electron chi connectivity index (χ3n) is 2.89. The Labute approximate surface area is 154 Å². The molecule has 0 aliphatic heterocycles. The molecule has 4 nitrogen and oxygen atoms in total. The molecule has 126 valence electrons. The van der Waals surface area contributed by atoms with E-state index < -0.39 is 11.9 Å². The van der Waals surface area contributed by atoms with Gasteiger partial charge in [0.1, 0.15) is 0 Å². The average molecular weight is 384 g/mol. The standard InChI is InChI=1S/C17H15Cl2NO3S/c18-12-6-7-15(14(19)10-12)20-16(21)11-23-17(22)8-9-24-13-4-2-1-3-5-13/h1-7,10H,8-9,11H2,(H,20,21). The minimum Gasteiger partial charge on any atom is -0.456 e. The van der Waals surface area contributed by atoms with Crippen LogP contribution in [0.3, 0.4) is 0 Å². The molecule has 0 aliphatic carbocycles. The molecule has 2 rings (SSSR count). The average Bonchev–Trinajstić information content (AvgIpc) is 2.56. The van der Waals surface area contributed by atoms with Gasteiger partial charge in [-0.2, -0.15) is 0 Å². The van der Waals surface area contributed by atoms with Gasteiger partial charge >= 0.3 is 5.97 Å². The Morgan fingerprint density at radius 2 is 1.83 bits per heavy atom. The van der Waals surface area contributed by atoms with Crippen molar-refractivity contribution in [2.75, 3.05) is 17.7 Å². The summed E-state index contributed by atoms with van der Waals surface area (Å²) in [5, 5.41) is 3.36. The molecule has 0 saturated carbocycles. The van der Waals surface area contributed by atoms with Crippen molar-refractivity contribution in [1.82, 2.24) is 0 Å². The molecule has 0 heterocycles. The molecule has 2 aromatic carbocycles. The van der Waals surface area contributed by atoms with E-state index in [4.69, 9.17) is 27.9 Å². The van der Waals surface area contributed by atoms with E-state index >= 15 is 0 Å². The Hall–Kier alpha value is -1.69. The van der Waals surface area contributed by atoms with Gasteiger partial charge in [-0.15, -0.1) is 11.8 Å². The lowest BCUT2D eigenvalue weighted by Crippen LogP contribution is -2.21. The summed E-state index contributed by atoms with van der Waals surface area (Å²) in [6, 6.07) is 14.5. The first-order valence-corrected chi connectivity index (χ1v) is 8.87. The summed E-state index contributed by atoms with van der Waals surface area (Å²) in [6.07, 6.45) is 0.231. The molecule has 0 saturated heterocycles. The third kappa shape index (κ3) is 6.43. The lowest BCUT2D eigenvalue weighted by molar-refractivity contribution is -0.146. The second kappa shape index (κ2) is 9.57. The van der Waals surface area contributed by atoms with Crippen LogP contribution in [0, 0.1) is 0 Å². The van der Waals surface area contributed by atoms with Crippen molar-refractivity contribution in [2.45, 2.75) is 11.3 Å². The number of anilines is 1. The van der Waals surface area contributed by atoms with Gasteiger partial charge in [0.2, 0.25) is 0 Å². The SMILES string of the molecule is O=C(COC(=O)CCSc1ccccc1)Nc1ccc(Cl)cc1Cl.